The number of pyridine rings is 1. The van der Waals surface area contributed by atoms with E-state index in [0.717, 1.165) is 66.9 Å². The third-order valence-corrected chi connectivity index (χ3v) is 7.03. The van der Waals surface area contributed by atoms with Gasteiger partial charge in [0.2, 0.25) is 5.82 Å². The lowest BCUT2D eigenvalue weighted by Gasteiger charge is -2.33. The molecule has 3 heterocycles. The van der Waals surface area contributed by atoms with Gasteiger partial charge >= 0.3 is 0 Å². The Balaban J connectivity index is 1.64. The summed E-state index contributed by atoms with van der Waals surface area (Å²) in [6, 6.07) is 8.41. The van der Waals surface area contributed by atoms with E-state index in [4.69, 9.17) is 0 Å². The molecule has 1 saturated carbocycles. The minimum atomic E-state index is -0.151. The smallest absolute Gasteiger partial charge is 0.258 e. The molecule has 5 rings (SSSR count). The number of H-pyrrole nitrogens is 1. The third kappa shape index (κ3) is 3.44. The molecule has 0 spiro atoms. The minimum Gasteiger partial charge on any atom is -0.328 e. The molecule has 1 aromatic carbocycles. The van der Waals surface area contributed by atoms with E-state index in [9.17, 15) is 4.79 Å². The molecule has 2 aromatic heterocycles. The van der Waals surface area contributed by atoms with Crippen molar-refractivity contribution in [2.24, 2.45) is 0 Å². The molecule has 158 valence electrons. The number of para-hydroxylation sites is 1. The molecular formula is C22H31N7O+2. The maximum absolute atomic E-state index is 13.3. The summed E-state index contributed by atoms with van der Waals surface area (Å²) in [6.45, 7) is 6.20. The van der Waals surface area contributed by atoms with Gasteiger partial charge in [-0.15, -0.1) is 5.10 Å². The van der Waals surface area contributed by atoms with Gasteiger partial charge in [0.25, 0.3) is 5.56 Å². The van der Waals surface area contributed by atoms with Crippen molar-refractivity contribution < 1.29 is 9.80 Å². The Morgan fingerprint density at radius 1 is 1.17 bits per heavy atom. The molecule has 2 aliphatic rings. The first-order chi connectivity index (χ1) is 14.6. The lowest BCUT2D eigenvalue weighted by atomic mass is 10.0. The van der Waals surface area contributed by atoms with Crippen LogP contribution in [0.1, 0.15) is 54.7 Å². The molecule has 1 aliphatic carbocycles. The van der Waals surface area contributed by atoms with E-state index in [-0.39, 0.29) is 11.6 Å². The zero-order valence-electron chi connectivity index (χ0n) is 17.8. The van der Waals surface area contributed by atoms with Crippen molar-refractivity contribution in [3.05, 3.63) is 51.6 Å². The van der Waals surface area contributed by atoms with Gasteiger partial charge in [0.05, 0.1) is 24.2 Å². The number of aromatic nitrogens is 5. The van der Waals surface area contributed by atoms with E-state index in [2.05, 4.69) is 39.7 Å². The van der Waals surface area contributed by atoms with Crippen LogP contribution in [0.3, 0.4) is 0 Å². The number of hydrogen-bond acceptors (Lipinski definition) is 4. The molecule has 0 unspecified atom stereocenters. The highest BCUT2D eigenvalue weighted by Gasteiger charge is 2.38. The predicted molar refractivity (Wildman–Crippen MR) is 114 cm³/mol. The van der Waals surface area contributed by atoms with Gasteiger partial charge < -0.3 is 14.8 Å². The average Bonchev–Trinajstić information content (AvgIpc) is 3.43. The number of benzene rings is 1. The fourth-order valence-corrected chi connectivity index (χ4v) is 5.24. The van der Waals surface area contributed by atoms with Crippen LogP contribution in [0.15, 0.2) is 29.1 Å². The van der Waals surface area contributed by atoms with E-state index in [1.54, 1.807) is 0 Å². The number of quaternary nitrogens is 2. The van der Waals surface area contributed by atoms with E-state index in [1.165, 1.54) is 22.6 Å². The quantitative estimate of drug-likeness (QED) is 0.539. The van der Waals surface area contributed by atoms with Crippen LogP contribution in [-0.4, -0.2) is 58.4 Å². The summed E-state index contributed by atoms with van der Waals surface area (Å²) in [5.41, 5.74) is 2.75. The molecule has 8 heteroatoms. The number of aromatic amines is 1. The van der Waals surface area contributed by atoms with E-state index < -0.39 is 0 Å². The Bertz CT molecular complexity index is 1090. The highest BCUT2D eigenvalue weighted by atomic mass is 16.1. The fourth-order valence-electron chi connectivity index (χ4n) is 5.24. The Morgan fingerprint density at radius 3 is 2.70 bits per heavy atom. The van der Waals surface area contributed by atoms with Crippen molar-refractivity contribution in [1.29, 1.82) is 0 Å². The highest BCUT2D eigenvalue weighted by Crippen LogP contribution is 2.31. The maximum atomic E-state index is 13.3. The number of rotatable bonds is 4. The van der Waals surface area contributed by atoms with Crippen LogP contribution in [0.5, 0.6) is 0 Å². The largest absolute Gasteiger partial charge is 0.328 e. The van der Waals surface area contributed by atoms with Crippen molar-refractivity contribution in [3.8, 4) is 0 Å². The summed E-state index contributed by atoms with van der Waals surface area (Å²) in [6.07, 6.45) is 4.66. The Kier molecular flexibility index (Phi) is 5.12. The second-order valence-electron chi connectivity index (χ2n) is 9.06. The average molecular weight is 410 g/mol. The van der Waals surface area contributed by atoms with Crippen molar-refractivity contribution in [3.63, 3.8) is 0 Å². The molecular weight excluding hydrogens is 378 g/mol. The van der Waals surface area contributed by atoms with Crippen LogP contribution in [-0.2, 0) is 0 Å². The van der Waals surface area contributed by atoms with Crippen molar-refractivity contribution in [2.45, 2.75) is 44.7 Å². The minimum absolute atomic E-state index is 0.0263. The number of nitrogens with one attached hydrogen (secondary N) is 3. The SMILES string of the molecule is Cc1cccc2cc([C@@H](c3nnnn3C3CCCC3)[NH+]3CC[NH+](C)CC3)c(=O)[nH]c12. The second kappa shape index (κ2) is 7.92. The van der Waals surface area contributed by atoms with Crippen LogP contribution in [0, 0.1) is 6.92 Å². The fraction of sp³-hybridized carbons (Fsp3) is 0.545. The van der Waals surface area contributed by atoms with Crippen LogP contribution in [0.2, 0.25) is 0 Å². The standard InChI is InChI=1S/C22H29N7O/c1-15-6-5-7-16-14-18(22(30)23-19(15)16)20(28-12-10-27(2)11-13-28)21-24-25-26-29(21)17-8-3-4-9-17/h5-7,14,17,20H,3-4,8-13H2,1-2H3,(H,23,30)/p+2/t20-/m0/s1. The van der Waals surface area contributed by atoms with Gasteiger partial charge in [-0.2, -0.15) is 0 Å². The Morgan fingerprint density at radius 2 is 1.93 bits per heavy atom. The summed E-state index contributed by atoms with van der Waals surface area (Å²) in [5.74, 6) is 0.842. The first-order valence-corrected chi connectivity index (χ1v) is 11.2. The first-order valence-electron chi connectivity index (χ1n) is 11.2. The molecule has 0 bridgehead atoms. The number of tetrazole rings is 1. The van der Waals surface area contributed by atoms with E-state index >= 15 is 0 Å². The van der Waals surface area contributed by atoms with Gasteiger partial charge in [-0.1, -0.05) is 31.0 Å². The highest BCUT2D eigenvalue weighted by molar-refractivity contribution is 5.82. The summed E-state index contributed by atoms with van der Waals surface area (Å²) >= 11 is 0. The molecule has 30 heavy (non-hydrogen) atoms. The molecule has 3 N–H and O–H groups in total. The summed E-state index contributed by atoms with van der Waals surface area (Å²) < 4.78 is 2.02. The molecule has 3 aromatic rings. The zero-order chi connectivity index (χ0) is 20.7. The third-order valence-electron chi connectivity index (χ3n) is 7.03. The summed E-state index contributed by atoms with van der Waals surface area (Å²) in [5, 5.41) is 14.0. The summed E-state index contributed by atoms with van der Waals surface area (Å²) in [7, 11) is 2.24. The van der Waals surface area contributed by atoms with Gasteiger partial charge in [-0.25, -0.2) is 4.68 Å². The number of fused-ring (bicyclic) bond motifs is 1. The van der Waals surface area contributed by atoms with Crippen molar-refractivity contribution >= 4 is 10.9 Å². The number of likely N-dealkylation sites (N-methyl/N-ethyl adjacent to an activating group) is 1. The van der Waals surface area contributed by atoms with E-state index in [1.807, 2.05) is 23.7 Å². The monoisotopic (exact) mass is 409 g/mol. The zero-order valence-corrected chi connectivity index (χ0v) is 17.8. The van der Waals surface area contributed by atoms with Gasteiger partial charge in [0, 0.05) is 0 Å². The Labute approximate surface area is 175 Å². The number of nitrogens with zero attached hydrogens (tertiary/aromatic N) is 4. The Hall–Kier alpha value is -2.58. The van der Waals surface area contributed by atoms with Crippen LogP contribution in [0.4, 0.5) is 0 Å². The normalized spacial score (nSPS) is 23.8. The van der Waals surface area contributed by atoms with Crippen molar-refractivity contribution in [1.82, 2.24) is 25.2 Å². The number of piperazine rings is 1. The molecule has 1 aliphatic heterocycles. The number of aryl methyl sites for hydroxylation is 1. The van der Waals surface area contributed by atoms with Gasteiger partial charge in [0.15, 0.2) is 6.04 Å². The molecule has 8 nitrogen and oxygen atoms in total. The maximum Gasteiger partial charge on any atom is 0.258 e. The van der Waals surface area contributed by atoms with Crippen molar-refractivity contribution in [2.75, 3.05) is 33.2 Å². The lowest BCUT2D eigenvalue weighted by Crippen LogP contribution is -3.27. The topological polar surface area (TPSA) is 85.3 Å². The van der Waals surface area contributed by atoms with Gasteiger partial charge in [-0.3, -0.25) is 4.79 Å². The van der Waals surface area contributed by atoms with Crippen LogP contribution < -0.4 is 15.4 Å². The van der Waals surface area contributed by atoms with Gasteiger partial charge in [0.1, 0.15) is 26.2 Å². The first kappa shape index (κ1) is 19.4. The molecule has 2 fully saturated rings. The molecule has 0 radical (unpaired) electrons. The molecule has 1 atom stereocenters. The van der Waals surface area contributed by atoms with Gasteiger partial charge in [-0.05, 0) is 47.2 Å². The van der Waals surface area contributed by atoms with E-state index in [0.29, 0.717) is 6.04 Å². The molecule has 0 amide bonds. The van der Waals surface area contributed by atoms with Crippen LogP contribution >= 0.6 is 0 Å². The predicted octanol–water partition coefficient (Wildman–Crippen LogP) is -0.559. The molecule has 1 saturated heterocycles. The number of hydrogen-bond donors (Lipinski definition) is 3. The summed E-state index contributed by atoms with van der Waals surface area (Å²) in [4.78, 5) is 19.4. The van der Waals surface area contributed by atoms with Crippen LogP contribution in [0.25, 0.3) is 10.9 Å². The lowest BCUT2D eigenvalue weighted by molar-refractivity contribution is -1.02. The second-order valence-corrected chi connectivity index (χ2v) is 9.06.